The molecule has 1 aromatic carbocycles. The van der Waals surface area contributed by atoms with E-state index in [9.17, 15) is 27.6 Å². The Balaban J connectivity index is 1.33. The Morgan fingerprint density at radius 2 is 1.92 bits per heavy atom. The van der Waals surface area contributed by atoms with Gasteiger partial charge in [0, 0.05) is 23.9 Å². The highest BCUT2D eigenvalue weighted by Gasteiger charge is 2.37. The van der Waals surface area contributed by atoms with Crippen molar-refractivity contribution in [3.63, 3.8) is 0 Å². The average molecular weight is 699 g/mol. The second kappa shape index (κ2) is 15.6. The van der Waals surface area contributed by atoms with Crippen LogP contribution in [-0.4, -0.2) is 75.9 Å². The SMILES string of the molecule is CC(C)(C)OC(=O)N(CC(F)(F)F)c1cc(-c2nc(C(=O)Nc3cn(-c4ccc(C=O)cc4)nc3CCCOC3CCCCO3)co2)ccn1. The molecular formula is C34H37F3N6O7. The van der Waals surface area contributed by atoms with Crippen molar-refractivity contribution in [1.29, 1.82) is 0 Å². The molecule has 1 atom stereocenters. The van der Waals surface area contributed by atoms with Gasteiger partial charge in [-0.25, -0.2) is 19.4 Å². The third-order valence-corrected chi connectivity index (χ3v) is 7.29. The molecular weight excluding hydrogens is 661 g/mol. The van der Waals surface area contributed by atoms with Gasteiger partial charge in [-0.05, 0) is 89.3 Å². The first-order valence-electron chi connectivity index (χ1n) is 16.0. The minimum absolute atomic E-state index is 0.0942. The number of hydrogen-bond acceptors (Lipinski definition) is 10. The van der Waals surface area contributed by atoms with Crippen LogP contribution >= 0.6 is 0 Å². The van der Waals surface area contributed by atoms with Crippen molar-refractivity contribution in [2.45, 2.75) is 70.9 Å². The molecule has 1 unspecified atom stereocenters. The topological polar surface area (TPSA) is 151 Å². The summed E-state index contributed by atoms with van der Waals surface area (Å²) in [7, 11) is 0. The largest absolute Gasteiger partial charge is 0.444 e. The first-order valence-corrected chi connectivity index (χ1v) is 16.0. The number of pyridine rings is 1. The van der Waals surface area contributed by atoms with Gasteiger partial charge in [0.15, 0.2) is 12.0 Å². The van der Waals surface area contributed by atoms with E-state index in [1.165, 1.54) is 39.1 Å². The third-order valence-electron chi connectivity index (χ3n) is 7.29. The summed E-state index contributed by atoms with van der Waals surface area (Å²) in [5.74, 6) is -1.08. The monoisotopic (exact) mass is 698 g/mol. The molecule has 1 fully saturated rings. The zero-order valence-electron chi connectivity index (χ0n) is 27.7. The number of aldehydes is 1. The quantitative estimate of drug-likeness (QED) is 0.124. The van der Waals surface area contributed by atoms with Crippen molar-refractivity contribution in [2.75, 3.05) is 30.0 Å². The molecule has 1 aliphatic heterocycles. The molecule has 16 heteroatoms. The summed E-state index contributed by atoms with van der Waals surface area (Å²) < 4.78 is 64.0. The number of anilines is 2. The van der Waals surface area contributed by atoms with Gasteiger partial charge in [-0.15, -0.1) is 0 Å². The lowest BCUT2D eigenvalue weighted by Crippen LogP contribution is -2.42. The predicted octanol–water partition coefficient (Wildman–Crippen LogP) is 6.77. The number of benzene rings is 1. The molecule has 1 saturated heterocycles. The van der Waals surface area contributed by atoms with E-state index < -0.39 is 30.3 Å². The molecule has 0 aliphatic carbocycles. The summed E-state index contributed by atoms with van der Waals surface area (Å²) in [5, 5.41) is 7.47. The molecule has 4 heterocycles. The highest BCUT2D eigenvalue weighted by molar-refractivity contribution is 6.03. The number of nitrogens with zero attached hydrogens (tertiary/aromatic N) is 5. The fourth-order valence-electron chi connectivity index (χ4n) is 4.96. The van der Waals surface area contributed by atoms with E-state index in [1.54, 1.807) is 35.1 Å². The van der Waals surface area contributed by atoms with Crippen LogP contribution in [0.2, 0.25) is 0 Å². The normalized spacial score (nSPS) is 15.0. The summed E-state index contributed by atoms with van der Waals surface area (Å²) in [6, 6.07) is 9.34. The van der Waals surface area contributed by atoms with E-state index in [0.717, 1.165) is 31.8 Å². The molecule has 50 heavy (non-hydrogen) atoms. The molecule has 1 aliphatic rings. The van der Waals surface area contributed by atoms with Crippen LogP contribution < -0.4 is 10.2 Å². The van der Waals surface area contributed by atoms with E-state index in [2.05, 4.69) is 20.4 Å². The van der Waals surface area contributed by atoms with E-state index in [1.807, 2.05) is 0 Å². The number of oxazole rings is 1. The fourth-order valence-corrected chi connectivity index (χ4v) is 4.96. The molecule has 0 radical (unpaired) electrons. The number of carbonyl (C=O) groups is 3. The Kier molecular flexibility index (Phi) is 11.3. The van der Waals surface area contributed by atoms with Gasteiger partial charge in [-0.3, -0.25) is 14.5 Å². The molecule has 4 aromatic rings. The van der Waals surface area contributed by atoms with Gasteiger partial charge in [-0.2, -0.15) is 18.3 Å². The number of nitrogens with one attached hydrogen (secondary N) is 1. The van der Waals surface area contributed by atoms with E-state index in [4.69, 9.17) is 18.6 Å². The van der Waals surface area contributed by atoms with Crippen LogP contribution in [0, 0.1) is 0 Å². The average Bonchev–Trinajstić information content (AvgIpc) is 3.73. The van der Waals surface area contributed by atoms with Crippen molar-refractivity contribution in [3.8, 4) is 17.1 Å². The fraction of sp³-hybridized carbons (Fsp3) is 0.412. The molecule has 0 bridgehead atoms. The van der Waals surface area contributed by atoms with Crippen LogP contribution in [0.3, 0.4) is 0 Å². The van der Waals surface area contributed by atoms with Gasteiger partial charge in [0.1, 0.15) is 30.5 Å². The zero-order chi connectivity index (χ0) is 35.9. The van der Waals surface area contributed by atoms with Crippen LogP contribution in [0.15, 0.2) is 59.5 Å². The molecule has 1 N–H and O–H groups in total. The lowest BCUT2D eigenvalue weighted by molar-refractivity contribution is -0.162. The van der Waals surface area contributed by atoms with Gasteiger partial charge >= 0.3 is 12.3 Å². The van der Waals surface area contributed by atoms with E-state index in [-0.39, 0.29) is 29.3 Å². The number of ether oxygens (including phenoxy) is 3. The smallest absolute Gasteiger partial charge is 0.416 e. The van der Waals surface area contributed by atoms with Crippen molar-refractivity contribution in [3.05, 3.63) is 72.0 Å². The van der Waals surface area contributed by atoms with Crippen LogP contribution in [0.5, 0.6) is 0 Å². The summed E-state index contributed by atoms with van der Waals surface area (Å²) >= 11 is 0. The number of hydrogen-bond donors (Lipinski definition) is 1. The molecule has 3 aromatic heterocycles. The Labute approximate surface area is 285 Å². The minimum atomic E-state index is -4.74. The van der Waals surface area contributed by atoms with Gasteiger partial charge in [0.05, 0.1) is 29.9 Å². The Bertz CT molecular complexity index is 1780. The second-order valence-corrected chi connectivity index (χ2v) is 12.5. The number of rotatable bonds is 12. The van der Waals surface area contributed by atoms with Crippen molar-refractivity contribution >= 4 is 29.8 Å². The number of alkyl halides is 3. The van der Waals surface area contributed by atoms with Crippen molar-refractivity contribution in [2.24, 2.45) is 0 Å². The van der Waals surface area contributed by atoms with Crippen LogP contribution in [0.4, 0.5) is 29.5 Å². The second-order valence-electron chi connectivity index (χ2n) is 12.5. The molecule has 0 saturated carbocycles. The zero-order valence-corrected chi connectivity index (χ0v) is 27.7. The Hall–Kier alpha value is -5.09. The summed E-state index contributed by atoms with van der Waals surface area (Å²) in [4.78, 5) is 45.7. The maximum atomic E-state index is 13.4. The van der Waals surface area contributed by atoms with Gasteiger partial charge in [-0.1, -0.05) is 0 Å². The molecule has 2 amide bonds. The minimum Gasteiger partial charge on any atom is -0.444 e. The van der Waals surface area contributed by atoms with E-state index in [0.29, 0.717) is 53.6 Å². The van der Waals surface area contributed by atoms with Crippen LogP contribution in [0.1, 0.15) is 73.0 Å². The first-order chi connectivity index (χ1) is 23.8. The molecule has 5 rings (SSSR count). The third kappa shape index (κ3) is 9.98. The number of aromatic nitrogens is 4. The summed E-state index contributed by atoms with van der Waals surface area (Å²) in [6.07, 6.45) is 2.39. The van der Waals surface area contributed by atoms with Gasteiger partial charge in [0.25, 0.3) is 5.91 Å². The number of carbonyl (C=O) groups excluding carboxylic acids is 3. The number of aryl methyl sites for hydroxylation is 1. The molecule has 13 nitrogen and oxygen atoms in total. The lowest BCUT2D eigenvalue weighted by Gasteiger charge is -2.27. The number of amides is 2. The molecule has 266 valence electrons. The summed E-state index contributed by atoms with van der Waals surface area (Å²) in [6.45, 7) is 4.04. The highest BCUT2D eigenvalue weighted by atomic mass is 19.4. The first kappa shape index (κ1) is 36.2. The lowest BCUT2D eigenvalue weighted by atomic mass is 10.2. The maximum Gasteiger partial charge on any atom is 0.416 e. The Morgan fingerprint density at radius 1 is 1.14 bits per heavy atom. The van der Waals surface area contributed by atoms with E-state index >= 15 is 0 Å². The maximum absolute atomic E-state index is 13.4. The van der Waals surface area contributed by atoms with Crippen LogP contribution in [-0.2, 0) is 20.6 Å². The van der Waals surface area contributed by atoms with Crippen molar-refractivity contribution < 1.29 is 46.2 Å². The standard InChI is InChI=1S/C34H37F3N6O7/c1-33(2,3)50-32(46)42(21-34(35,36)37)28-17-23(13-14-38-28)31-40-27(20-49-31)30(45)39-26-18-43(24-11-9-22(19-44)10-12-24)41-25(26)7-6-16-48-29-8-4-5-15-47-29/h9-14,17-20,29H,4-8,15-16,21H2,1-3H3,(H,39,45). The van der Waals surface area contributed by atoms with Gasteiger partial charge < -0.3 is 23.9 Å². The Morgan fingerprint density at radius 3 is 2.60 bits per heavy atom. The molecule has 0 spiro atoms. The van der Waals surface area contributed by atoms with Gasteiger partial charge in [0.2, 0.25) is 5.89 Å². The highest BCUT2D eigenvalue weighted by Crippen LogP contribution is 2.28. The number of halogens is 3. The summed E-state index contributed by atoms with van der Waals surface area (Å²) in [5.41, 5.74) is 1.12. The van der Waals surface area contributed by atoms with Crippen LogP contribution in [0.25, 0.3) is 17.1 Å². The van der Waals surface area contributed by atoms with Crippen molar-refractivity contribution in [1.82, 2.24) is 19.7 Å². The predicted molar refractivity (Wildman–Crippen MR) is 174 cm³/mol.